The van der Waals surface area contributed by atoms with Crippen LogP contribution in [0.3, 0.4) is 0 Å². The van der Waals surface area contributed by atoms with Gasteiger partial charge in [0, 0.05) is 0 Å². The molecule has 0 saturated carbocycles. The molecule has 1 aromatic carbocycles. The molecule has 0 fully saturated rings. The SMILES string of the molecule is Cc1ccccc1[PH](O)(O)O. The summed E-state index contributed by atoms with van der Waals surface area (Å²) in [6.45, 7) is 1.72. The van der Waals surface area contributed by atoms with Crippen LogP contribution in [-0.4, -0.2) is 14.7 Å². The first-order valence-electron chi connectivity index (χ1n) is 3.25. The van der Waals surface area contributed by atoms with Crippen LogP contribution in [0.1, 0.15) is 5.56 Å². The van der Waals surface area contributed by atoms with Crippen LogP contribution in [0.2, 0.25) is 0 Å². The molecule has 11 heavy (non-hydrogen) atoms. The Morgan fingerprint density at radius 3 is 2.00 bits per heavy atom. The van der Waals surface area contributed by atoms with Gasteiger partial charge < -0.3 is 0 Å². The molecule has 0 aliphatic heterocycles. The third-order valence-electron chi connectivity index (χ3n) is 1.51. The van der Waals surface area contributed by atoms with E-state index in [1.165, 1.54) is 6.07 Å². The summed E-state index contributed by atoms with van der Waals surface area (Å²) in [6.07, 6.45) is 0. The Kier molecular flexibility index (Phi) is 2.25. The third-order valence-corrected chi connectivity index (χ3v) is 2.79. The fourth-order valence-corrected chi connectivity index (χ4v) is 1.88. The van der Waals surface area contributed by atoms with E-state index in [0.717, 1.165) is 0 Å². The third kappa shape index (κ3) is 1.98. The van der Waals surface area contributed by atoms with E-state index in [2.05, 4.69) is 0 Å². The van der Waals surface area contributed by atoms with Gasteiger partial charge in [-0.2, -0.15) is 0 Å². The van der Waals surface area contributed by atoms with E-state index >= 15 is 0 Å². The Morgan fingerprint density at radius 2 is 1.64 bits per heavy atom. The Bertz CT molecular complexity index is 254. The van der Waals surface area contributed by atoms with Gasteiger partial charge in [-0.05, 0) is 0 Å². The van der Waals surface area contributed by atoms with Crippen LogP contribution >= 0.6 is 7.94 Å². The van der Waals surface area contributed by atoms with Crippen molar-refractivity contribution in [1.82, 2.24) is 0 Å². The number of rotatable bonds is 1. The van der Waals surface area contributed by atoms with E-state index in [0.29, 0.717) is 5.56 Å². The standard InChI is InChI=1S/C7H11O3P/c1-6-4-2-3-5-7(6)11(8,9)10/h2-5,8-11H,1H3. The Balaban J connectivity index is 3.14. The molecule has 0 aliphatic rings. The van der Waals surface area contributed by atoms with Gasteiger partial charge >= 0.3 is 64.7 Å². The van der Waals surface area contributed by atoms with Crippen LogP contribution in [0.25, 0.3) is 0 Å². The molecule has 0 spiro atoms. The van der Waals surface area contributed by atoms with E-state index in [1.54, 1.807) is 25.1 Å². The van der Waals surface area contributed by atoms with Gasteiger partial charge in [0.2, 0.25) is 0 Å². The van der Waals surface area contributed by atoms with E-state index in [-0.39, 0.29) is 5.30 Å². The van der Waals surface area contributed by atoms with Crippen molar-refractivity contribution in [1.29, 1.82) is 0 Å². The van der Waals surface area contributed by atoms with Crippen molar-refractivity contribution in [3.05, 3.63) is 29.8 Å². The summed E-state index contributed by atoms with van der Waals surface area (Å²) in [5.74, 6) is 0. The number of aryl methyl sites for hydroxylation is 1. The quantitative estimate of drug-likeness (QED) is 0.529. The molecule has 0 atom stereocenters. The van der Waals surface area contributed by atoms with Crippen molar-refractivity contribution in [3.8, 4) is 0 Å². The van der Waals surface area contributed by atoms with Crippen LogP contribution < -0.4 is 5.30 Å². The summed E-state index contributed by atoms with van der Waals surface area (Å²) >= 11 is 0. The molecule has 62 valence electrons. The molecule has 3 nitrogen and oxygen atoms in total. The number of hydrogen-bond donors (Lipinski definition) is 3. The second-order valence-electron chi connectivity index (χ2n) is 2.45. The maximum absolute atomic E-state index is 8.92. The Morgan fingerprint density at radius 1 is 1.09 bits per heavy atom. The first-order chi connectivity index (χ1) is 5.02. The zero-order valence-electron chi connectivity index (χ0n) is 6.15. The monoisotopic (exact) mass is 174 g/mol. The summed E-state index contributed by atoms with van der Waals surface area (Å²) in [6, 6.07) is 6.67. The molecular weight excluding hydrogens is 163 g/mol. The van der Waals surface area contributed by atoms with Crippen molar-refractivity contribution >= 4 is 13.2 Å². The summed E-state index contributed by atoms with van der Waals surface area (Å²) in [7, 11) is -4.08. The maximum atomic E-state index is 8.92. The van der Waals surface area contributed by atoms with Crippen LogP contribution in [0.4, 0.5) is 0 Å². The number of hydrogen-bond acceptors (Lipinski definition) is 3. The first kappa shape index (κ1) is 8.62. The summed E-state index contributed by atoms with van der Waals surface area (Å²) in [4.78, 5) is 26.8. The normalized spacial score (nSPS) is 13.1. The van der Waals surface area contributed by atoms with Gasteiger partial charge in [0.05, 0.1) is 0 Å². The summed E-state index contributed by atoms with van der Waals surface area (Å²) in [5, 5.41) is 0.250. The molecule has 1 aromatic rings. The predicted octanol–water partition coefficient (Wildman–Crippen LogP) is 0.0921. The van der Waals surface area contributed by atoms with Gasteiger partial charge in [0.25, 0.3) is 0 Å². The molecule has 0 saturated heterocycles. The van der Waals surface area contributed by atoms with E-state index in [4.69, 9.17) is 14.7 Å². The van der Waals surface area contributed by atoms with Gasteiger partial charge in [-0.25, -0.2) is 0 Å². The van der Waals surface area contributed by atoms with Crippen molar-refractivity contribution in [3.63, 3.8) is 0 Å². The average Bonchev–Trinajstić information content (AvgIpc) is 1.86. The summed E-state index contributed by atoms with van der Waals surface area (Å²) in [5.41, 5.74) is 0.701. The molecule has 0 aliphatic carbocycles. The van der Waals surface area contributed by atoms with Gasteiger partial charge in [-0.1, -0.05) is 0 Å². The fraction of sp³-hybridized carbons (Fsp3) is 0.143. The van der Waals surface area contributed by atoms with E-state index < -0.39 is 7.94 Å². The van der Waals surface area contributed by atoms with Crippen molar-refractivity contribution < 1.29 is 14.7 Å². The fourth-order valence-electron chi connectivity index (χ4n) is 0.949. The molecule has 1 rings (SSSR count). The van der Waals surface area contributed by atoms with Gasteiger partial charge in [-0.15, -0.1) is 0 Å². The molecule has 0 unspecified atom stereocenters. The van der Waals surface area contributed by atoms with E-state index in [9.17, 15) is 0 Å². The molecule has 0 heterocycles. The second kappa shape index (κ2) is 2.88. The molecule has 0 bridgehead atoms. The van der Waals surface area contributed by atoms with Crippen LogP contribution in [0.5, 0.6) is 0 Å². The van der Waals surface area contributed by atoms with Crippen LogP contribution in [0.15, 0.2) is 24.3 Å². The predicted molar refractivity (Wildman–Crippen MR) is 45.8 cm³/mol. The topological polar surface area (TPSA) is 60.7 Å². The van der Waals surface area contributed by atoms with Crippen molar-refractivity contribution in [2.24, 2.45) is 0 Å². The average molecular weight is 174 g/mol. The molecule has 3 N–H and O–H groups in total. The van der Waals surface area contributed by atoms with Crippen LogP contribution in [0, 0.1) is 6.92 Å². The van der Waals surface area contributed by atoms with Crippen LogP contribution in [-0.2, 0) is 0 Å². The Hall–Kier alpha value is -0.470. The zero-order valence-corrected chi connectivity index (χ0v) is 7.15. The van der Waals surface area contributed by atoms with Gasteiger partial charge in [0.15, 0.2) is 0 Å². The zero-order chi connectivity index (χ0) is 8.48. The van der Waals surface area contributed by atoms with Gasteiger partial charge in [-0.3, -0.25) is 0 Å². The van der Waals surface area contributed by atoms with Crippen molar-refractivity contribution in [2.75, 3.05) is 0 Å². The molecule has 0 radical (unpaired) electrons. The first-order valence-corrected chi connectivity index (χ1v) is 5.09. The molecular formula is C7H11O3P. The van der Waals surface area contributed by atoms with Gasteiger partial charge in [0.1, 0.15) is 0 Å². The number of benzene rings is 1. The van der Waals surface area contributed by atoms with E-state index in [1.807, 2.05) is 0 Å². The molecule has 0 amide bonds. The molecule has 4 heteroatoms. The Labute approximate surface area is 65.5 Å². The minimum absolute atomic E-state index is 0.250. The summed E-state index contributed by atoms with van der Waals surface area (Å²) < 4.78 is 0. The second-order valence-corrected chi connectivity index (χ2v) is 4.26. The van der Waals surface area contributed by atoms with Crippen molar-refractivity contribution in [2.45, 2.75) is 6.92 Å². The minimum atomic E-state index is -4.08. The molecule has 0 aromatic heterocycles.